The molecule has 0 saturated heterocycles. The minimum absolute atomic E-state index is 0.0317. The van der Waals surface area contributed by atoms with Crippen LogP contribution >= 0.6 is 0 Å². The van der Waals surface area contributed by atoms with Crippen LogP contribution in [-0.4, -0.2) is 18.0 Å². The molecule has 6 heteroatoms. The highest BCUT2D eigenvalue weighted by Crippen LogP contribution is 2.24. The number of aryl methyl sites for hydroxylation is 1. The van der Waals surface area contributed by atoms with E-state index in [9.17, 15) is 14.9 Å². The lowest BCUT2D eigenvalue weighted by atomic mass is 10.1. The van der Waals surface area contributed by atoms with Crippen LogP contribution in [0.3, 0.4) is 0 Å². The number of nitro benzene ring substituents is 1. The Morgan fingerprint density at radius 1 is 1.25 bits per heavy atom. The fourth-order valence-electron chi connectivity index (χ4n) is 2.40. The van der Waals surface area contributed by atoms with E-state index in [1.54, 1.807) is 26.2 Å². The lowest BCUT2D eigenvalue weighted by Crippen LogP contribution is -2.12. The minimum Gasteiger partial charge on any atom is -0.496 e. The number of benzene rings is 2. The van der Waals surface area contributed by atoms with Gasteiger partial charge < -0.3 is 9.47 Å². The topological polar surface area (TPSA) is 78.7 Å². The molecule has 0 amide bonds. The first kappa shape index (κ1) is 17.5. The van der Waals surface area contributed by atoms with Crippen molar-refractivity contribution in [3.05, 3.63) is 69.3 Å². The second-order valence-corrected chi connectivity index (χ2v) is 5.48. The number of nitro groups is 1. The molecule has 0 aliphatic heterocycles. The Morgan fingerprint density at radius 3 is 2.67 bits per heavy atom. The van der Waals surface area contributed by atoms with Gasteiger partial charge in [0.05, 0.1) is 18.5 Å². The third-order valence-corrected chi connectivity index (χ3v) is 3.63. The van der Waals surface area contributed by atoms with Crippen LogP contribution in [0.5, 0.6) is 5.75 Å². The number of esters is 1. The molecule has 0 spiro atoms. The smallest absolute Gasteiger partial charge is 0.311 e. The van der Waals surface area contributed by atoms with Crippen LogP contribution in [0.2, 0.25) is 0 Å². The molecule has 2 aromatic carbocycles. The SMILES string of the molecule is COc1ccc(C)cc1CC(=O)O[C@@H](C)c1cccc([N+](=O)[O-])c1. The fraction of sp³-hybridized carbons (Fsp3) is 0.278. The Bertz CT molecular complexity index is 757. The molecular weight excluding hydrogens is 310 g/mol. The van der Waals surface area contributed by atoms with Crippen LogP contribution in [0.15, 0.2) is 42.5 Å². The van der Waals surface area contributed by atoms with Crippen molar-refractivity contribution >= 4 is 11.7 Å². The van der Waals surface area contributed by atoms with Gasteiger partial charge in [0.1, 0.15) is 11.9 Å². The maximum Gasteiger partial charge on any atom is 0.311 e. The second kappa shape index (κ2) is 7.59. The maximum absolute atomic E-state index is 12.2. The molecule has 0 aliphatic carbocycles. The number of hydrogen-bond acceptors (Lipinski definition) is 5. The largest absolute Gasteiger partial charge is 0.496 e. The molecule has 2 aromatic rings. The highest BCUT2D eigenvalue weighted by atomic mass is 16.6. The first-order chi connectivity index (χ1) is 11.4. The van der Waals surface area contributed by atoms with Crippen molar-refractivity contribution in [2.24, 2.45) is 0 Å². The standard InChI is InChI=1S/C18H19NO5/c1-12-7-8-17(23-3)15(9-12)11-18(20)24-13(2)14-5-4-6-16(10-14)19(21)22/h4-10,13H,11H2,1-3H3/t13-/m0/s1. The summed E-state index contributed by atoms with van der Waals surface area (Å²) in [6.07, 6.45) is -0.502. The van der Waals surface area contributed by atoms with E-state index in [1.165, 1.54) is 12.1 Å². The van der Waals surface area contributed by atoms with Crippen molar-refractivity contribution in [2.75, 3.05) is 7.11 Å². The van der Waals surface area contributed by atoms with Gasteiger partial charge in [0.25, 0.3) is 5.69 Å². The second-order valence-electron chi connectivity index (χ2n) is 5.48. The summed E-state index contributed by atoms with van der Waals surface area (Å²) in [5.74, 6) is 0.207. The molecule has 6 nitrogen and oxygen atoms in total. The summed E-state index contributed by atoms with van der Waals surface area (Å²) in [6, 6.07) is 11.7. The van der Waals surface area contributed by atoms with Gasteiger partial charge in [0, 0.05) is 17.7 Å². The maximum atomic E-state index is 12.2. The van der Waals surface area contributed by atoms with Crippen molar-refractivity contribution in [1.82, 2.24) is 0 Å². The molecule has 0 N–H and O–H groups in total. The third kappa shape index (κ3) is 4.32. The predicted octanol–water partition coefficient (Wildman–Crippen LogP) is 3.76. The molecule has 1 atom stereocenters. The summed E-state index contributed by atoms with van der Waals surface area (Å²) >= 11 is 0. The summed E-state index contributed by atoms with van der Waals surface area (Å²) in [4.78, 5) is 22.5. The van der Waals surface area contributed by atoms with Crippen LogP contribution in [-0.2, 0) is 16.0 Å². The van der Waals surface area contributed by atoms with Crippen molar-refractivity contribution in [3.8, 4) is 5.75 Å². The van der Waals surface area contributed by atoms with Gasteiger partial charge in [-0.15, -0.1) is 0 Å². The Balaban J connectivity index is 2.08. The van der Waals surface area contributed by atoms with Gasteiger partial charge in [-0.25, -0.2) is 0 Å². The van der Waals surface area contributed by atoms with Crippen molar-refractivity contribution in [1.29, 1.82) is 0 Å². The summed E-state index contributed by atoms with van der Waals surface area (Å²) in [5, 5.41) is 10.8. The van der Waals surface area contributed by atoms with E-state index in [4.69, 9.17) is 9.47 Å². The highest BCUT2D eigenvalue weighted by molar-refractivity contribution is 5.74. The summed E-state index contributed by atoms with van der Waals surface area (Å²) in [5.41, 5.74) is 2.31. The number of carbonyl (C=O) groups excluding carboxylic acids is 1. The van der Waals surface area contributed by atoms with E-state index < -0.39 is 17.0 Å². The van der Waals surface area contributed by atoms with E-state index in [1.807, 2.05) is 25.1 Å². The normalized spacial score (nSPS) is 11.6. The fourth-order valence-corrected chi connectivity index (χ4v) is 2.40. The van der Waals surface area contributed by atoms with Gasteiger partial charge in [0.2, 0.25) is 0 Å². The highest BCUT2D eigenvalue weighted by Gasteiger charge is 2.16. The summed E-state index contributed by atoms with van der Waals surface area (Å²) < 4.78 is 10.6. The number of ether oxygens (including phenoxy) is 2. The van der Waals surface area contributed by atoms with Gasteiger partial charge in [0.15, 0.2) is 0 Å². The monoisotopic (exact) mass is 329 g/mol. The molecule has 126 valence electrons. The zero-order valence-corrected chi connectivity index (χ0v) is 13.8. The average Bonchev–Trinajstić information content (AvgIpc) is 2.55. The summed E-state index contributed by atoms with van der Waals surface area (Å²) in [6.45, 7) is 3.62. The molecule has 0 radical (unpaired) electrons. The predicted molar refractivity (Wildman–Crippen MR) is 89.0 cm³/mol. The van der Waals surface area contributed by atoms with E-state index in [-0.39, 0.29) is 12.1 Å². The Labute approximate surface area is 140 Å². The quantitative estimate of drug-likeness (QED) is 0.458. The van der Waals surface area contributed by atoms with Crippen molar-refractivity contribution in [2.45, 2.75) is 26.4 Å². The molecule has 0 unspecified atom stereocenters. The van der Waals surface area contributed by atoms with E-state index in [0.717, 1.165) is 11.1 Å². The molecule has 0 saturated carbocycles. The van der Waals surface area contributed by atoms with Gasteiger partial charge >= 0.3 is 5.97 Å². The molecule has 0 bridgehead atoms. The zero-order chi connectivity index (χ0) is 17.7. The first-order valence-electron chi connectivity index (χ1n) is 7.48. The van der Waals surface area contributed by atoms with Crippen LogP contribution in [0.25, 0.3) is 0 Å². The zero-order valence-electron chi connectivity index (χ0n) is 13.8. The van der Waals surface area contributed by atoms with Crippen molar-refractivity contribution < 1.29 is 19.2 Å². The van der Waals surface area contributed by atoms with Crippen LogP contribution in [0.4, 0.5) is 5.69 Å². The molecule has 2 rings (SSSR count). The molecule has 0 aromatic heterocycles. The van der Waals surface area contributed by atoms with Crippen LogP contribution in [0, 0.1) is 17.0 Å². The number of methoxy groups -OCH3 is 1. The van der Waals surface area contributed by atoms with E-state index >= 15 is 0 Å². The first-order valence-corrected chi connectivity index (χ1v) is 7.48. The third-order valence-electron chi connectivity index (χ3n) is 3.63. The Kier molecular flexibility index (Phi) is 5.52. The van der Waals surface area contributed by atoms with E-state index in [2.05, 4.69) is 0 Å². The number of rotatable bonds is 6. The molecular formula is C18H19NO5. The van der Waals surface area contributed by atoms with Gasteiger partial charge in [-0.3, -0.25) is 14.9 Å². The lowest BCUT2D eigenvalue weighted by Gasteiger charge is -2.15. The number of carbonyl (C=O) groups is 1. The van der Waals surface area contributed by atoms with Crippen LogP contribution in [0.1, 0.15) is 29.7 Å². The Hall–Kier alpha value is -2.89. The van der Waals surface area contributed by atoms with Gasteiger partial charge in [-0.1, -0.05) is 29.8 Å². The molecule has 0 heterocycles. The molecule has 0 aliphatic rings. The van der Waals surface area contributed by atoms with Gasteiger partial charge in [-0.05, 0) is 25.5 Å². The van der Waals surface area contributed by atoms with E-state index in [0.29, 0.717) is 11.3 Å². The number of hydrogen-bond donors (Lipinski definition) is 0. The Morgan fingerprint density at radius 2 is 2.00 bits per heavy atom. The molecule has 0 fully saturated rings. The summed E-state index contributed by atoms with van der Waals surface area (Å²) in [7, 11) is 1.55. The van der Waals surface area contributed by atoms with Crippen molar-refractivity contribution in [3.63, 3.8) is 0 Å². The molecule has 24 heavy (non-hydrogen) atoms. The van der Waals surface area contributed by atoms with Gasteiger partial charge in [-0.2, -0.15) is 0 Å². The van der Waals surface area contributed by atoms with Crippen LogP contribution < -0.4 is 4.74 Å². The number of nitrogens with zero attached hydrogens (tertiary/aromatic N) is 1. The minimum atomic E-state index is -0.576. The number of non-ortho nitro benzene ring substituents is 1. The average molecular weight is 329 g/mol. The lowest BCUT2D eigenvalue weighted by molar-refractivity contribution is -0.385.